The summed E-state index contributed by atoms with van der Waals surface area (Å²) >= 11 is 1.35. The van der Waals surface area contributed by atoms with Crippen LogP contribution in [0.4, 0.5) is 5.69 Å². The predicted molar refractivity (Wildman–Crippen MR) is 93.2 cm³/mol. The first kappa shape index (κ1) is 17.2. The van der Waals surface area contributed by atoms with Gasteiger partial charge in [0.15, 0.2) is 6.10 Å². The van der Waals surface area contributed by atoms with Gasteiger partial charge in [0.2, 0.25) is 0 Å². The van der Waals surface area contributed by atoms with Crippen LogP contribution in [0, 0.1) is 27.7 Å². The van der Waals surface area contributed by atoms with Crippen molar-refractivity contribution >= 4 is 28.9 Å². The number of aryl methyl sites for hydroxylation is 4. The van der Waals surface area contributed by atoms with Gasteiger partial charge in [-0.1, -0.05) is 17.7 Å². The van der Waals surface area contributed by atoms with Crippen LogP contribution in [0.25, 0.3) is 0 Å². The van der Waals surface area contributed by atoms with Crippen molar-refractivity contribution in [1.82, 2.24) is 0 Å². The van der Waals surface area contributed by atoms with E-state index in [1.54, 1.807) is 13.0 Å². The minimum Gasteiger partial charge on any atom is -0.448 e. The van der Waals surface area contributed by atoms with Crippen LogP contribution in [0.3, 0.4) is 0 Å². The summed E-state index contributed by atoms with van der Waals surface area (Å²) in [6.45, 7) is 9.40. The van der Waals surface area contributed by atoms with Crippen molar-refractivity contribution in [3.8, 4) is 0 Å². The van der Waals surface area contributed by atoms with Gasteiger partial charge in [-0.15, -0.1) is 11.3 Å². The molecule has 23 heavy (non-hydrogen) atoms. The largest absolute Gasteiger partial charge is 0.448 e. The highest BCUT2D eigenvalue weighted by Crippen LogP contribution is 2.22. The van der Waals surface area contributed by atoms with Gasteiger partial charge < -0.3 is 10.1 Å². The molecule has 0 radical (unpaired) electrons. The molecule has 4 nitrogen and oxygen atoms in total. The van der Waals surface area contributed by atoms with Gasteiger partial charge in [0, 0.05) is 10.6 Å². The van der Waals surface area contributed by atoms with Gasteiger partial charge in [0.25, 0.3) is 5.91 Å². The van der Waals surface area contributed by atoms with E-state index in [4.69, 9.17) is 4.74 Å². The van der Waals surface area contributed by atoms with Crippen LogP contribution in [0.2, 0.25) is 0 Å². The summed E-state index contributed by atoms with van der Waals surface area (Å²) in [4.78, 5) is 25.8. The average molecular weight is 331 g/mol. The van der Waals surface area contributed by atoms with E-state index in [9.17, 15) is 9.59 Å². The second-order valence-electron chi connectivity index (χ2n) is 5.72. The van der Waals surface area contributed by atoms with E-state index in [0.29, 0.717) is 4.88 Å². The lowest BCUT2D eigenvalue weighted by Gasteiger charge is -2.16. The molecule has 0 aliphatic rings. The quantitative estimate of drug-likeness (QED) is 0.856. The Balaban J connectivity index is 2.04. The first-order valence-corrected chi connectivity index (χ1v) is 8.25. The smallest absolute Gasteiger partial charge is 0.349 e. The van der Waals surface area contributed by atoms with Crippen molar-refractivity contribution in [3.05, 3.63) is 50.7 Å². The first-order chi connectivity index (χ1) is 10.8. The van der Waals surface area contributed by atoms with E-state index >= 15 is 0 Å². The van der Waals surface area contributed by atoms with Crippen molar-refractivity contribution in [2.24, 2.45) is 0 Å². The van der Waals surface area contributed by atoms with Gasteiger partial charge in [-0.25, -0.2) is 4.79 Å². The number of hydrogen-bond donors (Lipinski definition) is 1. The van der Waals surface area contributed by atoms with Crippen LogP contribution in [-0.2, 0) is 9.53 Å². The van der Waals surface area contributed by atoms with Gasteiger partial charge in [0.1, 0.15) is 4.88 Å². The van der Waals surface area contributed by atoms with Crippen molar-refractivity contribution in [2.75, 3.05) is 5.32 Å². The third-order valence-electron chi connectivity index (χ3n) is 3.52. The Hall–Kier alpha value is -2.14. The molecule has 1 aromatic heterocycles. The standard InChI is InChI=1S/C18H21NO3S/c1-10-8-11(2)16(12(3)9-10)19-17(20)14(5)22-18(21)15-7-6-13(4)23-15/h6-9,14H,1-5H3,(H,19,20)/t14-/m1/s1. The SMILES string of the molecule is Cc1cc(C)c(NC(=O)[C@@H](C)OC(=O)c2ccc(C)s2)c(C)c1. The van der Waals surface area contributed by atoms with Crippen molar-refractivity contribution in [2.45, 2.75) is 40.7 Å². The van der Waals surface area contributed by atoms with Crippen LogP contribution in [0.15, 0.2) is 24.3 Å². The van der Waals surface area contributed by atoms with Crippen LogP contribution in [0.5, 0.6) is 0 Å². The highest BCUT2D eigenvalue weighted by molar-refractivity contribution is 7.13. The molecule has 5 heteroatoms. The van der Waals surface area contributed by atoms with Crippen LogP contribution < -0.4 is 5.32 Å². The number of hydrogen-bond acceptors (Lipinski definition) is 4. The summed E-state index contributed by atoms with van der Waals surface area (Å²) < 4.78 is 5.25. The van der Waals surface area contributed by atoms with Gasteiger partial charge in [-0.05, 0) is 57.9 Å². The number of anilines is 1. The molecular formula is C18H21NO3S. The number of rotatable bonds is 4. The summed E-state index contributed by atoms with van der Waals surface area (Å²) in [6.07, 6.45) is -0.856. The van der Waals surface area contributed by atoms with E-state index < -0.39 is 12.1 Å². The molecule has 122 valence electrons. The lowest BCUT2D eigenvalue weighted by molar-refractivity contribution is -0.123. The number of carbonyl (C=O) groups is 2. The molecule has 0 unspecified atom stereocenters. The number of esters is 1. The predicted octanol–water partition coefficient (Wildman–Crippen LogP) is 4.17. The molecule has 2 aromatic rings. The molecule has 1 N–H and O–H groups in total. The zero-order chi connectivity index (χ0) is 17.1. The van der Waals surface area contributed by atoms with Gasteiger partial charge in [-0.2, -0.15) is 0 Å². The molecule has 0 bridgehead atoms. The minimum absolute atomic E-state index is 0.332. The summed E-state index contributed by atoms with van der Waals surface area (Å²) in [5, 5.41) is 2.85. The van der Waals surface area contributed by atoms with Crippen molar-refractivity contribution in [1.29, 1.82) is 0 Å². The molecular weight excluding hydrogens is 310 g/mol. The number of amides is 1. The maximum absolute atomic E-state index is 12.3. The highest BCUT2D eigenvalue weighted by atomic mass is 32.1. The molecule has 0 aliphatic carbocycles. The zero-order valence-corrected chi connectivity index (χ0v) is 14.8. The molecule has 1 atom stereocenters. The Morgan fingerprint density at radius 3 is 2.22 bits per heavy atom. The van der Waals surface area contributed by atoms with Gasteiger partial charge >= 0.3 is 5.97 Å². The number of benzene rings is 1. The molecule has 1 aromatic carbocycles. The molecule has 1 heterocycles. The third kappa shape index (κ3) is 4.20. The fourth-order valence-electron chi connectivity index (χ4n) is 2.42. The van der Waals surface area contributed by atoms with Crippen LogP contribution in [-0.4, -0.2) is 18.0 Å². The number of thiophene rings is 1. The summed E-state index contributed by atoms with van der Waals surface area (Å²) in [6, 6.07) is 7.58. The maximum Gasteiger partial charge on any atom is 0.349 e. The monoisotopic (exact) mass is 331 g/mol. The van der Waals surface area contributed by atoms with Gasteiger partial charge in [-0.3, -0.25) is 4.79 Å². The Morgan fingerprint density at radius 1 is 1.09 bits per heavy atom. The Labute approximate surface area is 140 Å². The molecule has 0 saturated heterocycles. The van der Waals surface area contributed by atoms with Crippen LogP contribution in [0.1, 0.15) is 38.2 Å². The van der Waals surface area contributed by atoms with Crippen LogP contribution >= 0.6 is 11.3 Å². The average Bonchev–Trinajstić information content (AvgIpc) is 2.89. The molecule has 0 spiro atoms. The summed E-state index contributed by atoms with van der Waals surface area (Å²) in [5.41, 5.74) is 3.90. The summed E-state index contributed by atoms with van der Waals surface area (Å²) in [7, 11) is 0. The lowest BCUT2D eigenvalue weighted by atomic mass is 10.0. The summed E-state index contributed by atoms with van der Waals surface area (Å²) in [5.74, 6) is -0.801. The van der Waals surface area contributed by atoms with Crippen molar-refractivity contribution < 1.29 is 14.3 Å². The highest BCUT2D eigenvalue weighted by Gasteiger charge is 2.21. The molecule has 2 rings (SSSR count). The zero-order valence-electron chi connectivity index (χ0n) is 14.0. The fourth-order valence-corrected chi connectivity index (χ4v) is 3.17. The molecule has 1 amide bonds. The fraction of sp³-hybridized carbons (Fsp3) is 0.333. The second kappa shape index (κ2) is 6.96. The van der Waals surface area contributed by atoms with E-state index in [1.165, 1.54) is 11.3 Å². The number of nitrogens with one attached hydrogen (secondary N) is 1. The first-order valence-electron chi connectivity index (χ1n) is 7.44. The molecule has 0 aliphatic heterocycles. The lowest BCUT2D eigenvalue weighted by Crippen LogP contribution is -2.30. The molecule has 0 saturated carbocycles. The molecule has 0 fully saturated rings. The number of ether oxygens (including phenoxy) is 1. The maximum atomic E-state index is 12.3. The third-order valence-corrected chi connectivity index (χ3v) is 4.50. The normalized spacial score (nSPS) is 11.9. The number of carbonyl (C=O) groups excluding carboxylic acids is 2. The minimum atomic E-state index is -0.856. The topological polar surface area (TPSA) is 55.4 Å². The Morgan fingerprint density at radius 2 is 1.70 bits per heavy atom. The van der Waals surface area contributed by atoms with E-state index in [0.717, 1.165) is 27.3 Å². The second-order valence-corrected chi connectivity index (χ2v) is 7.01. The van der Waals surface area contributed by atoms with E-state index in [-0.39, 0.29) is 5.91 Å². The van der Waals surface area contributed by atoms with Gasteiger partial charge in [0.05, 0.1) is 0 Å². The van der Waals surface area contributed by atoms with E-state index in [2.05, 4.69) is 5.32 Å². The van der Waals surface area contributed by atoms with Crippen molar-refractivity contribution in [3.63, 3.8) is 0 Å². The Kier molecular flexibility index (Phi) is 5.21. The van der Waals surface area contributed by atoms with E-state index in [1.807, 2.05) is 45.9 Å². The Bertz CT molecular complexity index is 725.